The highest BCUT2D eigenvalue weighted by Crippen LogP contribution is 2.44. The van der Waals surface area contributed by atoms with Crippen LogP contribution in [-0.4, -0.2) is 73.6 Å². The summed E-state index contributed by atoms with van der Waals surface area (Å²) in [6.07, 6.45) is -19.0. The fourth-order valence-electron chi connectivity index (χ4n) is 5.71. The molecule has 3 aliphatic rings. The molecule has 14 heteroatoms. The molecular weight excluding hydrogens is 533 g/mol. The summed E-state index contributed by atoms with van der Waals surface area (Å²) >= 11 is 0. The van der Waals surface area contributed by atoms with Gasteiger partial charge in [-0.05, 0) is 56.2 Å². The Morgan fingerprint density at radius 3 is 2.00 bits per heavy atom. The molecule has 3 heterocycles. The molecule has 0 saturated carbocycles. The van der Waals surface area contributed by atoms with Crippen molar-refractivity contribution >= 4 is 11.8 Å². The van der Waals surface area contributed by atoms with E-state index in [0.717, 1.165) is 23.8 Å². The van der Waals surface area contributed by atoms with Crippen molar-refractivity contribution in [3.05, 3.63) is 29.3 Å². The van der Waals surface area contributed by atoms with Gasteiger partial charge in [0.25, 0.3) is 6.10 Å². The number of nitrogens with zero attached hydrogens (tertiary/aromatic N) is 3. The molecule has 0 atom stereocenters. The van der Waals surface area contributed by atoms with E-state index in [-0.39, 0.29) is 25.2 Å². The maximum Gasteiger partial charge on any atom is 0.434 e. The summed E-state index contributed by atoms with van der Waals surface area (Å²) in [6.45, 7) is 2.10. The number of rotatable bonds is 4. The van der Waals surface area contributed by atoms with Gasteiger partial charge in [-0.2, -0.15) is 39.5 Å². The van der Waals surface area contributed by atoms with E-state index in [4.69, 9.17) is 0 Å². The first-order chi connectivity index (χ1) is 17.6. The van der Waals surface area contributed by atoms with E-state index in [9.17, 15) is 44.3 Å². The molecular formula is C24H28F9N3O2. The van der Waals surface area contributed by atoms with Crippen LogP contribution in [0.15, 0.2) is 18.2 Å². The van der Waals surface area contributed by atoms with E-state index in [0.29, 0.717) is 51.1 Å². The normalized spacial score (nSPS) is 21.1. The van der Waals surface area contributed by atoms with Gasteiger partial charge in [0.2, 0.25) is 0 Å². The zero-order valence-electron chi connectivity index (χ0n) is 20.4. The van der Waals surface area contributed by atoms with Crippen molar-refractivity contribution in [1.82, 2.24) is 9.80 Å². The second-order valence-corrected chi connectivity index (χ2v) is 10.3. The van der Waals surface area contributed by atoms with Crippen LogP contribution in [0.4, 0.5) is 50.0 Å². The Labute approximate surface area is 213 Å². The number of carbonyl (C=O) groups is 1. The number of alkyl halides is 9. The summed E-state index contributed by atoms with van der Waals surface area (Å²) in [5.74, 6) is 0. The van der Waals surface area contributed by atoms with Gasteiger partial charge in [0.05, 0.1) is 5.56 Å². The van der Waals surface area contributed by atoms with Crippen molar-refractivity contribution in [2.45, 2.75) is 63.3 Å². The van der Waals surface area contributed by atoms with Crippen LogP contribution < -0.4 is 4.90 Å². The number of anilines is 1. The first-order valence-electron chi connectivity index (χ1n) is 12.3. The summed E-state index contributed by atoms with van der Waals surface area (Å²) in [6, 6.07) is 4.17. The molecule has 4 rings (SSSR count). The van der Waals surface area contributed by atoms with Crippen LogP contribution in [0, 0.1) is 5.41 Å². The second-order valence-electron chi connectivity index (χ2n) is 10.3. The lowest BCUT2D eigenvalue weighted by Crippen LogP contribution is -2.50. The van der Waals surface area contributed by atoms with Crippen molar-refractivity contribution in [3.8, 4) is 0 Å². The van der Waals surface area contributed by atoms with Gasteiger partial charge >= 0.3 is 24.6 Å². The molecule has 0 N–H and O–H groups in total. The molecule has 0 unspecified atom stereocenters. The molecule has 0 radical (unpaired) electrons. The molecule has 0 aliphatic carbocycles. The predicted molar refractivity (Wildman–Crippen MR) is 118 cm³/mol. The summed E-state index contributed by atoms with van der Waals surface area (Å²) in [5.41, 5.74) is -0.333. The first kappa shape index (κ1) is 28.6. The number of carbonyl (C=O) groups excluding carboxylic acids is 1. The lowest BCUT2D eigenvalue weighted by molar-refractivity contribution is -0.308. The number of piperidine rings is 1. The van der Waals surface area contributed by atoms with E-state index in [1.807, 2.05) is 9.80 Å². The molecule has 1 aromatic carbocycles. The van der Waals surface area contributed by atoms with Crippen LogP contribution in [0.1, 0.15) is 43.2 Å². The third-order valence-electron chi connectivity index (χ3n) is 7.70. The number of halogens is 9. The summed E-state index contributed by atoms with van der Waals surface area (Å²) < 4.78 is 122. The van der Waals surface area contributed by atoms with Crippen molar-refractivity contribution < 1.29 is 49.0 Å². The zero-order valence-corrected chi connectivity index (χ0v) is 20.4. The van der Waals surface area contributed by atoms with Crippen molar-refractivity contribution in [3.63, 3.8) is 0 Å². The van der Waals surface area contributed by atoms with Gasteiger partial charge in [0.15, 0.2) is 0 Å². The fourth-order valence-corrected chi connectivity index (χ4v) is 5.71. The number of amides is 1. The Morgan fingerprint density at radius 1 is 0.868 bits per heavy atom. The third-order valence-corrected chi connectivity index (χ3v) is 7.70. The van der Waals surface area contributed by atoms with E-state index < -0.39 is 41.7 Å². The van der Waals surface area contributed by atoms with Gasteiger partial charge in [-0.15, -0.1) is 0 Å². The van der Waals surface area contributed by atoms with Crippen LogP contribution in [0.5, 0.6) is 0 Å². The molecule has 5 nitrogen and oxygen atoms in total. The van der Waals surface area contributed by atoms with Crippen molar-refractivity contribution in [2.75, 3.05) is 44.2 Å². The van der Waals surface area contributed by atoms with Crippen LogP contribution in [0.2, 0.25) is 0 Å². The topological polar surface area (TPSA) is 36.0 Å². The molecule has 3 saturated heterocycles. The zero-order chi connectivity index (χ0) is 27.9. The van der Waals surface area contributed by atoms with Crippen LogP contribution in [0.25, 0.3) is 0 Å². The van der Waals surface area contributed by atoms with E-state index >= 15 is 0 Å². The van der Waals surface area contributed by atoms with E-state index in [2.05, 4.69) is 4.74 Å². The molecule has 3 fully saturated rings. The quantitative estimate of drug-likeness (QED) is 0.409. The molecule has 214 valence electrons. The molecule has 38 heavy (non-hydrogen) atoms. The Balaban J connectivity index is 1.41. The minimum absolute atomic E-state index is 0.0634. The van der Waals surface area contributed by atoms with Crippen LogP contribution in [0.3, 0.4) is 0 Å². The fraction of sp³-hybridized carbons (Fsp3) is 0.708. The Hall–Kier alpha value is -2.38. The average Bonchev–Trinajstić information content (AvgIpc) is 3.46. The molecule has 1 spiro atoms. The maximum atomic E-state index is 13.9. The minimum atomic E-state index is -5.79. The monoisotopic (exact) mass is 561 g/mol. The van der Waals surface area contributed by atoms with Crippen molar-refractivity contribution in [2.24, 2.45) is 5.41 Å². The summed E-state index contributed by atoms with van der Waals surface area (Å²) in [7, 11) is 0. The van der Waals surface area contributed by atoms with Gasteiger partial charge in [0, 0.05) is 50.5 Å². The largest absolute Gasteiger partial charge is 0.434 e. The van der Waals surface area contributed by atoms with Gasteiger partial charge in [-0.3, -0.25) is 4.90 Å². The van der Waals surface area contributed by atoms with Gasteiger partial charge < -0.3 is 14.5 Å². The van der Waals surface area contributed by atoms with Gasteiger partial charge in [-0.1, -0.05) is 6.07 Å². The number of hydrogen-bond donors (Lipinski definition) is 0. The molecule has 0 bridgehead atoms. The lowest BCUT2D eigenvalue weighted by Gasteiger charge is -2.39. The molecule has 1 amide bonds. The molecule has 1 aromatic rings. The lowest BCUT2D eigenvalue weighted by atomic mass is 9.78. The number of hydrogen-bond acceptors (Lipinski definition) is 4. The third kappa shape index (κ3) is 6.26. The van der Waals surface area contributed by atoms with Crippen molar-refractivity contribution in [1.29, 1.82) is 0 Å². The Bertz CT molecular complexity index is 981. The maximum absolute atomic E-state index is 13.9. The number of benzene rings is 1. The second kappa shape index (κ2) is 10.3. The minimum Gasteiger partial charge on any atom is -0.426 e. The standard InChI is InChI=1S/C24H28F9N3O2/c25-22(26,27)17-4-3-5-18(35-9-1-2-10-35)16(17)14-34-11-6-21(15-34)7-12-36(13-8-21)20(37)38-19(23(28,29)30)24(31,32)33/h3-5,19H,1-2,6-15H2. The Morgan fingerprint density at radius 2 is 1.45 bits per heavy atom. The highest BCUT2D eigenvalue weighted by molar-refractivity contribution is 5.68. The van der Waals surface area contributed by atoms with Crippen LogP contribution in [-0.2, 0) is 17.5 Å². The summed E-state index contributed by atoms with van der Waals surface area (Å²) in [5, 5.41) is 0. The highest BCUT2D eigenvalue weighted by atomic mass is 19.4. The first-order valence-corrected chi connectivity index (χ1v) is 12.3. The predicted octanol–water partition coefficient (Wildman–Crippen LogP) is 6.22. The summed E-state index contributed by atoms with van der Waals surface area (Å²) in [4.78, 5) is 16.8. The molecule has 3 aliphatic heterocycles. The van der Waals surface area contributed by atoms with E-state index in [1.165, 1.54) is 6.07 Å². The van der Waals surface area contributed by atoms with Crippen LogP contribution >= 0.6 is 0 Å². The number of likely N-dealkylation sites (tertiary alicyclic amines) is 2. The molecule has 0 aromatic heterocycles. The van der Waals surface area contributed by atoms with E-state index in [1.54, 1.807) is 6.07 Å². The highest BCUT2D eigenvalue weighted by Gasteiger charge is 2.60. The SMILES string of the molecule is O=C(OC(C(F)(F)F)C(F)(F)F)N1CCC2(CCN(Cc3c(N4CCCC4)cccc3C(F)(F)F)C2)CC1. The number of ether oxygens (including phenoxy) is 1. The average molecular weight is 561 g/mol. The van der Waals surface area contributed by atoms with Gasteiger partial charge in [-0.25, -0.2) is 4.79 Å². The Kier molecular flexibility index (Phi) is 7.76. The smallest absolute Gasteiger partial charge is 0.426 e. The van der Waals surface area contributed by atoms with Gasteiger partial charge in [0.1, 0.15) is 0 Å².